The van der Waals surface area contributed by atoms with Crippen LogP contribution in [0.1, 0.15) is 138 Å². The van der Waals surface area contributed by atoms with Crippen LogP contribution in [0.3, 0.4) is 0 Å². The molecule has 2 aromatic carbocycles. The van der Waals surface area contributed by atoms with Gasteiger partial charge in [-0.05, 0) is 180 Å². The fraction of sp³-hybridized carbons (Fsp3) is 0.560. The van der Waals surface area contributed by atoms with Crippen LogP contribution >= 0.6 is 11.6 Å². The van der Waals surface area contributed by atoms with Crippen molar-refractivity contribution >= 4 is 58.3 Å². The number of amides is 2. The van der Waals surface area contributed by atoms with Crippen molar-refractivity contribution in [2.75, 3.05) is 26.2 Å². The normalized spacial score (nSPS) is 17.2. The summed E-state index contributed by atoms with van der Waals surface area (Å²) in [7, 11) is -0.321. The number of hydrogen-bond donors (Lipinski definition) is 0. The Balaban J connectivity index is 0.000000263. The molecule has 0 radical (unpaired) electrons. The van der Waals surface area contributed by atoms with E-state index in [0.717, 1.165) is 58.7 Å². The van der Waals surface area contributed by atoms with Crippen LogP contribution in [0.25, 0.3) is 27.4 Å². The van der Waals surface area contributed by atoms with Crippen LogP contribution in [0.4, 0.5) is 9.59 Å². The second kappa shape index (κ2) is 21.6. The standard InChI is InChI=1S/C21H27N3O2.C17H30BNO4.C10H9ClN2.2CH4/c1-14-11-17-18(12-15(14)2)22-13-23-19(17)16-7-6-9-24(10-8-16)20(25)26-21(3,4)5;1-15(2,3)21-14(20)19-11-8-9-13(10-12-19)18-22-16(4,5)17(6,7)23-18;1-6-3-8-9(4-7(6)2)12-5-13-10(8)11;;/h7,11-13H,6,8-10H2,1-5H3;9H,8,10-12H2,1-7H3;3-5H,1-2H3;2*1H4. The van der Waals surface area contributed by atoms with Crippen molar-refractivity contribution in [1.82, 2.24) is 29.7 Å². The molecule has 0 aliphatic carbocycles. The van der Waals surface area contributed by atoms with Crippen molar-refractivity contribution in [3.05, 3.63) is 87.6 Å². The van der Waals surface area contributed by atoms with E-state index in [1.54, 1.807) is 16.1 Å². The summed E-state index contributed by atoms with van der Waals surface area (Å²) in [6, 6.07) is 8.32. The van der Waals surface area contributed by atoms with E-state index in [1.165, 1.54) is 34.2 Å². The number of benzene rings is 2. The number of fused-ring (bicyclic) bond motifs is 2. The molecule has 3 aliphatic rings. The van der Waals surface area contributed by atoms with Gasteiger partial charge in [-0.15, -0.1) is 0 Å². The third kappa shape index (κ3) is 14.0. The molecule has 0 unspecified atom stereocenters. The topological polar surface area (TPSA) is 129 Å². The van der Waals surface area contributed by atoms with E-state index in [9.17, 15) is 9.59 Å². The SMILES string of the molecule is C.C.CC(C)(C)OC(=O)N1CCC=C(B2OC(C)(C)C(C)(C)O2)CC1.Cc1cc2ncnc(C3=CCCN(C(=O)OC(C)(C)C)CC3)c2cc1C.Cc1cc2ncnc(Cl)c2cc1C. The molecule has 4 aromatic rings. The molecule has 0 bridgehead atoms. The number of aryl methyl sites for hydroxylation is 4. The zero-order chi connectivity index (χ0) is 45.8. The largest absolute Gasteiger partial charge is 0.490 e. The second-order valence-corrected chi connectivity index (χ2v) is 19.8. The number of carbonyl (C=O) groups is 2. The summed E-state index contributed by atoms with van der Waals surface area (Å²) in [5, 5.41) is 2.52. The number of rotatable bonds is 2. The number of hydrogen-bond acceptors (Lipinski definition) is 10. The summed E-state index contributed by atoms with van der Waals surface area (Å²) in [6.45, 7) is 30.5. The van der Waals surface area contributed by atoms with Crippen LogP contribution in [0.15, 0.2) is 54.5 Å². The molecule has 64 heavy (non-hydrogen) atoms. The van der Waals surface area contributed by atoms with E-state index in [-0.39, 0.29) is 45.4 Å². The monoisotopic (exact) mass is 901 g/mol. The quantitative estimate of drug-likeness (QED) is 0.142. The maximum Gasteiger partial charge on any atom is 0.490 e. The summed E-state index contributed by atoms with van der Waals surface area (Å²) in [5.74, 6) is 0. The van der Waals surface area contributed by atoms with Crippen molar-refractivity contribution in [2.24, 2.45) is 0 Å². The summed E-state index contributed by atoms with van der Waals surface area (Å²) in [4.78, 5) is 45.2. The summed E-state index contributed by atoms with van der Waals surface area (Å²) < 4.78 is 23.2. The molecule has 0 spiro atoms. The van der Waals surface area contributed by atoms with Crippen molar-refractivity contribution in [3.8, 4) is 0 Å². The maximum atomic E-state index is 12.4. The van der Waals surface area contributed by atoms with Gasteiger partial charge in [0.05, 0.1) is 27.9 Å². The zero-order valence-electron chi connectivity index (χ0n) is 39.4. The van der Waals surface area contributed by atoms with Crippen LogP contribution in [0.5, 0.6) is 0 Å². The molecule has 3 aliphatic heterocycles. The predicted octanol–water partition coefficient (Wildman–Crippen LogP) is 12.4. The molecule has 7 rings (SSSR count). The Hall–Kier alpha value is -4.59. The first-order valence-corrected chi connectivity index (χ1v) is 22.0. The van der Waals surface area contributed by atoms with Gasteiger partial charge in [-0.3, -0.25) is 0 Å². The smallest absolute Gasteiger partial charge is 0.444 e. The minimum absolute atomic E-state index is 0. The van der Waals surface area contributed by atoms with Gasteiger partial charge in [0.25, 0.3) is 0 Å². The Morgan fingerprint density at radius 1 is 0.641 bits per heavy atom. The molecule has 2 aromatic heterocycles. The fourth-order valence-electron chi connectivity index (χ4n) is 7.05. The Kier molecular flexibility index (Phi) is 18.1. The van der Waals surface area contributed by atoms with E-state index in [0.29, 0.717) is 31.3 Å². The van der Waals surface area contributed by atoms with E-state index in [2.05, 4.69) is 99.6 Å². The van der Waals surface area contributed by atoms with Crippen molar-refractivity contribution in [2.45, 2.75) is 160 Å². The van der Waals surface area contributed by atoms with Gasteiger partial charge >= 0.3 is 19.3 Å². The number of nitrogens with zero attached hydrogens (tertiary/aromatic N) is 6. The molecule has 350 valence electrons. The fourth-order valence-corrected chi connectivity index (χ4v) is 7.24. The van der Waals surface area contributed by atoms with Crippen molar-refractivity contribution in [1.29, 1.82) is 0 Å². The zero-order valence-corrected chi connectivity index (χ0v) is 40.1. The number of aromatic nitrogens is 4. The number of ether oxygens (including phenoxy) is 2. The average molecular weight is 901 g/mol. The van der Waals surface area contributed by atoms with Gasteiger partial charge < -0.3 is 28.6 Å². The number of halogens is 1. The molecular weight excluding hydrogens is 827 g/mol. The third-order valence-corrected chi connectivity index (χ3v) is 11.8. The van der Waals surface area contributed by atoms with Crippen LogP contribution in [0.2, 0.25) is 5.15 Å². The first kappa shape index (κ1) is 53.8. The second-order valence-electron chi connectivity index (χ2n) is 19.4. The highest BCUT2D eigenvalue weighted by atomic mass is 35.5. The van der Waals surface area contributed by atoms with Gasteiger partial charge in [0.15, 0.2) is 0 Å². The molecule has 5 heterocycles. The lowest BCUT2D eigenvalue weighted by molar-refractivity contribution is 0.00578. The Bertz CT molecular complexity index is 2320. The molecule has 0 saturated carbocycles. The molecule has 12 nitrogen and oxygen atoms in total. The Morgan fingerprint density at radius 2 is 1.08 bits per heavy atom. The Labute approximate surface area is 388 Å². The van der Waals surface area contributed by atoms with Crippen LogP contribution in [-0.4, -0.2) is 97.6 Å². The van der Waals surface area contributed by atoms with Crippen molar-refractivity contribution in [3.63, 3.8) is 0 Å². The summed E-state index contributed by atoms with van der Waals surface area (Å²) in [5.41, 5.74) is 8.42. The van der Waals surface area contributed by atoms with Crippen LogP contribution in [0, 0.1) is 27.7 Å². The Morgan fingerprint density at radius 3 is 1.59 bits per heavy atom. The van der Waals surface area contributed by atoms with E-state index in [4.69, 9.17) is 30.4 Å². The molecule has 2 amide bonds. The van der Waals surface area contributed by atoms with E-state index >= 15 is 0 Å². The lowest BCUT2D eigenvalue weighted by atomic mass is 9.76. The maximum absolute atomic E-state index is 12.4. The van der Waals surface area contributed by atoms with Gasteiger partial charge in [-0.1, -0.05) is 38.6 Å². The summed E-state index contributed by atoms with van der Waals surface area (Å²) in [6.07, 6.45) is 10.1. The first-order valence-electron chi connectivity index (χ1n) is 21.6. The van der Waals surface area contributed by atoms with Gasteiger partial charge in [0.1, 0.15) is 29.0 Å². The first-order chi connectivity index (χ1) is 28.8. The molecular formula is C50H74BClN6O6. The predicted molar refractivity (Wildman–Crippen MR) is 263 cm³/mol. The highest BCUT2D eigenvalue weighted by Gasteiger charge is 2.52. The van der Waals surface area contributed by atoms with Crippen LogP contribution in [-0.2, 0) is 18.8 Å². The van der Waals surface area contributed by atoms with Crippen LogP contribution < -0.4 is 0 Å². The molecule has 1 fully saturated rings. The minimum Gasteiger partial charge on any atom is -0.444 e. The molecule has 14 heteroatoms. The van der Waals surface area contributed by atoms with Gasteiger partial charge in [0.2, 0.25) is 0 Å². The lowest BCUT2D eigenvalue weighted by Crippen LogP contribution is -2.41. The van der Waals surface area contributed by atoms with E-state index in [1.807, 2.05) is 53.7 Å². The highest BCUT2D eigenvalue weighted by Crippen LogP contribution is 2.39. The van der Waals surface area contributed by atoms with Gasteiger partial charge in [-0.2, -0.15) is 0 Å². The minimum atomic E-state index is -0.474. The highest BCUT2D eigenvalue weighted by molar-refractivity contribution is 6.54. The average Bonchev–Trinajstić information content (AvgIpc) is 3.44. The van der Waals surface area contributed by atoms with E-state index < -0.39 is 11.2 Å². The third-order valence-electron chi connectivity index (χ3n) is 11.5. The molecule has 0 atom stereocenters. The van der Waals surface area contributed by atoms with Gasteiger partial charge in [0, 0.05) is 37.0 Å². The molecule has 1 saturated heterocycles. The van der Waals surface area contributed by atoms with Gasteiger partial charge in [-0.25, -0.2) is 29.5 Å². The molecule has 0 N–H and O–H groups in total. The summed E-state index contributed by atoms with van der Waals surface area (Å²) >= 11 is 5.93. The number of carbonyl (C=O) groups excluding carboxylic acids is 2. The lowest BCUT2D eigenvalue weighted by Gasteiger charge is -2.32. The van der Waals surface area contributed by atoms with Crippen molar-refractivity contribution < 1.29 is 28.4 Å².